The maximum atomic E-state index is 5.26. The first-order valence-electron chi connectivity index (χ1n) is 4.01. The highest BCUT2D eigenvalue weighted by Crippen LogP contribution is 2.32. The van der Waals surface area contributed by atoms with E-state index in [0.717, 1.165) is 11.3 Å². The molecular weight excluding hydrogens is 180 g/mol. The summed E-state index contributed by atoms with van der Waals surface area (Å²) in [6.45, 7) is 0. The molecule has 2 heteroatoms. The van der Waals surface area contributed by atoms with Crippen LogP contribution >= 0.6 is 11.3 Å². The number of methoxy groups -OCH3 is 1. The van der Waals surface area contributed by atoms with Gasteiger partial charge in [0.15, 0.2) is 0 Å². The molecule has 0 saturated carbocycles. The van der Waals surface area contributed by atoms with Gasteiger partial charge in [0.05, 0.1) is 7.11 Å². The zero-order valence-corrected chi connectivity index (χ0v) is 8.10. The average Bonchev–Trinajstić information content (AvgIpc) is 2.70. The Hall–Kier alpha value is -1.28. The predicted octanol–water partition coefficient (Wildman–Crippen LogP) is 3.22. The van der Waals surface area contributed by atoms with Gasteiger partial charge in [-0.05, 0) is 24.3 Å². The van der Waals surface area contributed by atoms with E-state index in [1.165, 1.54) is 4.88 Å². The molecule has 0 unspecified atom stereocenters. The summed E-state index contributed by atoms with van der Waals surface area (Å²) in [6, 6.07) is 12.0. The van der Waals surface area contributed by atoms with Crippen LogP contribution < -0.4 is 4.74 Å². The quantitative estimate of drug-likeness (QED) is 0.704. The van der Waals surface area contributed by atoms with Crippen LogP contribution in [0, 0.1) is 5.38 Å². The van der Waals surface area contributed by atoms with E-state index < -0.39 is 0 Å². The molecule has 0 atom stereocenters. The summed E-state index contributed by atoms with van der Waals surface area (Å²) in [5.41, 5.74) is 1.14. The third kappa shape index (κ3) is 1.58. The molecule has 1 nitrogen and oxygen atoms in total. The summed E-state index contributed by atoms with van der Waals surface area (Å²) in [7, 11) is 1.69. The van der Waals surface area contributed by atoms with Crippen LogP contribution in [0.4, 0.5) is 0 Å². The van der Waals surface area contributed by atoms with Crippen LogP contribution in [0.5, 0.6) is 5.75 Å². The molecule has 0 aliphatic rings. The maximum Gasteiger partial charge on any atom is 0.127 e. The monoisotopic (exact) mass is 189 g/mol. The van der Waals surface area contributed by atoms with Crippen molar-refractivity contribution in [2.75, 3.05) is 7.11 Å². The molecule has 0 aliphatic heterocycles. The van der Waals surface area contributed by atoms with E-state index >= 15 is 0 Å². The summed E-state index contributed by atoms with van der Waals surface area (Å²) in [5, 5.41) is 3.07. The lowest BCUT2D eigenvalue weighted by molar-refractivity contribution is 0.416. The van der Waals surface area contributed by atoms with Gasteiger partial charge in [-0.2, -0.15) is 0 Å². The normalized spacial score (nSPS) is 9.92. The van der Waals surface area contributed by atoms with Crippen molar-refractivity contribution in [3.63, 3.8) is 0 Å². The molecule has 0 bridgehead atoms. The van der Waals surface area contributed by atoms with Gasteiger partial charge in [0, 0.05) is 15.8 Å². The van der Waals surface area contributed by atoms with Crippen molar-refractivity contribution in [3.05, 3.63) is 41.8 Å². The van der Waals surface area contributed by atoms with E-state index in [9.17, 15) is 0 Å². The van der Waals surface area contributed by atoms with Crippen molar-refractivity contribution in [2.24, 2.45) is 0 Å². The largest absolute Gasteiger partial charge is 0.496 e. The van der Waals surface area contributed by atoms with Crippen LogP contribution in [0.3, 0.4) is 0 Å². The van der Waals surface area contributed by atoms with E-state index in [2.05, 4.69) is 11.4 Å². The lowest BCUT2D eigenvalue weighted by Crippen LogP contribution is -1.84. The van der Waals surface area contributed by atoms with Gasteiger partial charge in [-0.25, -0.2) is 0 Å². The number of thiophene rings is 1. The number of rotatable bonds is 2. The van der Waals surface area contributed by atoms with Crippen LogP contribution in [0.25, 0.3) is 10.4 Å². The fourth-order valence-electron chi connectivity index (χ4n) is 1.23. The molecule has 0 aliphatic carbocycles. The second-order valence-electron chi connectivity index (χ2n) is 2.62. The fourth-order valence-corrected chi connectivity index (χ4v) is 1.91. The van der Waals surface area contributed by atoms with E-state index in [1.54, 1.807) is 18.4 Å². The Morgan fingerprint density at radius 1 is 1.23 bits per heavy atom. The Bertz CT molecular complexity index is 379. The molecule has 65 valence electrons. The highest BCUT2D eigenvalue weighted by atomic mass is 32.1. The second kappa shape index (κ2) is 3.62. The molecular formula is C11H9OS. The first kappa shape index (κ1) is 8.32. The fraction of sp³-hybridized carbons (Fsp3) is 0.0909. The van der Waals surface area contributed by atoms with Crippen molar-refractivity contribution < 1.29 is 4.74 Å². The minimum atomic E-state index is 0.915. The van der Waals surface area contributed by atoms with Gasteiger partial charge in [-0.15, -0.1) is 11.3 Å². The Kier molecular flexibility index (Phi) is 2.32. The molecule has 0 spiro atoms. The summed E-state index contributed by atoms with van der Waals surface area (Å²) >= 11 is 1.60. The van der Waals surface area contributed by atoms with E-state index in [0.29, 0.717) is 0 Å². The van der Waals surface area contributed by atoms with Gasteiger partial charge >= 0.3 is 0 Å². The van der Waals surface area contributed by atoms with E-state index in [-0.39, 0.29) is 0 Å². The number of benzene rings is 1. The molecule has 0 amide bonds. The summed E-state index contributed by atoms with van der Waals surface area (Å²) in [6.07, 6.45) is 0. The first-order valence-corrected chi connectivity index (χ1v) is 4.83. The smallest absolute Gasteiger partial charge is 0.127 e. The maximum absolute atomic E-state index is 5.26. The van der Waals surface area contributed by atoms with Gasteiger partial charge in [0.25, 0.3) is 0 Å². The minimum absolute atomic E-state index is 0.915. The molecule has 1 radical (unpaired) electrons. The third-order valence-corrected chi connectivity index (χ3v) is 2.67. The Morgan fingerprint density at radius 2 is 2.08 bits per heavy atom. The number of hydrogen-bond acceptors (Lipinski definition) is 2. The van der Waals surface area contributed by atoms with Gasteiger partial charge in [-0.1, -0.05) is 12.1 Å². The molecule has 2 rings (SSSR count). The minimum Gasteiger partial charge on any atom is -0.496 e. The predicted molar refractivity (Wildman–Crippen MR) is 55.1 cm³/mol. The Labute approximate surface area is 81.6 Å². The van der Waals surface area contributed by atoms with E-state index in [1.807, 2.05) is 30.3 Å². The molecule has 1 heterocycles. The van der Waals surface area contributed by atoms with Crippen LogP contribution in [0.2, 0.25) is 0 Å². The SMILES string of the molecule is COc1ccccc1-c1cc[c]s1. The summed E-state index contributed by atoms with van der Waals surface area (Å²) < 4.78 is 5.26. The zero-order valence-electron chi connectivity index (χ0n) is 7.28. The number of ether oxygens (including phenoxy) is 1. The van der Waals surface area contributed by atoms with Crippen molar-refractivity contribution in [1.29, 1.82) is 0 Å². The van der Waals surface area contributed by atoms with Crippen molar-refractivity contribution in [3.8, 4) is 16.2 Å². The van der Waals surface area contributed by atoms with Gasteiger partial charge in [-0.3, -0.25) is 0 Å². The van der Waals surface area contributed by atoms with Crippen LogP contribution in [0.1, 0.15) is 0 Å². The lowest BCUT2D eigenvalue weighted by Gasteiger charge is -2.04. The third-order valence-electron chi connectivity index (χ3n) is 1.84. The number of para-hydroxylation sites is 1. The van der Waals surface area contributed by atoms with Crippen molar-refractivity contribution >= 4 is 11.3 Å². The van der Waals surface area contributed by atoms with E-state index in [4.69, 9.17) is 4.74 Å². The van der Waals surface area contributed by atoms with Gasteiger partial charge < -0.3 is 4.74 Å². The van der Waals surface area contributed by atoms with Crippen molar-refractivity contribution in [1.82, 2.24) is 0 Å². The number of hydrogen-bond donors (Lipinski definition) is 0. The van der Waals surface area contributed by atoms with Crippen LogP contribution in [-0.4, -0.2) is 7.11 Å². The second-order valence-corrected chi connectivity index (χ2v) is 3.50. The van der Waals surface area contributed by atoms with Crippen molar-refractivity contribution in [2.45, 2.75) is 0 Å². The average molecular weight is 189 g/mol. The molecule has 0 N–H and O–H groups in total. The summed E-state index contributed by atoms with van der Waals surface area (Å²) in [4.78, 5) is 1.19. The lowest BCUT2D eigenvalue weighted by atomic mass is 10.2. The highest BCUT2D eigenvalue weighted by Gasteiger charge is 2.04. The van der Waals surface area contributed by atoms with Crippen LogP contribution in [0.15, 0.2) is 36.4 Å². The molecule has 0 fully saturated rings. The molecule has 0 saturated heterocycles. The zero-order chi connectivity index (χ0) is 9.10. The topological polar surface area (TPSA) is 9.23 Å². The highest BCUT2D eigenvalue weighted by molar-refractivity contribution is 7.13. The molecule has 1 aromatic carbocycles. The first-order chi connectivity index (χ1) is 6.42. The molecule has 1 aromatic heterocycles. The Balaban J connectivity index is 2.51. The molecule has 13 heavy (non-hydrogen) atoms. The summed E-state index contributed by atoms with van der Waals surface area (Å²) in [5.74, 6) is 0.915. The van der Waals surface area contributed by atoms with Gasteiger partial charge in [0.2, 0.25) is 0 Å². The molecule has 2 aromatic rings. The standard InChI is InChI=1S/C11H9OS/c1-12-10-6-3-2-5-9(10)11-7-4-8-13-11/h2-7H,1H3. The Morgan fingerprint density at radius 3 is 2.77 bits per heavy atom. The van der Waals surface area contributed by atoms with Gasteiger partial charge in [0.1, 0.15) is 5.75 Å². The van der Waals surface area contributed by atoms with Crippen LogP contribution in [-0.2, 0) is 0 Å².